The molecule has 1 rings (SSSR count). The van der Waals surface area contributed by atoms with Crippen molar-refractivity contribution >= 4 is 11.8 Å². The van der Waals surface area contributed by atoms with Crippen molar-refractivity contribution < 1.29 is 14.3 Å². The normalized spacial score (nSPS) is 19.4. The van der Waals surface area contributed by atoms with Gasteiger partial charge in [0.15, 0.2) is 0 Å². The molecule has 3 nitrogen and oxygen atoms in total. The second kappa shape index (κ2) is 9.13. The van der Waals surface area contributed by atoms with Crippen LogP contribution in [0.25, 0.3) is 0 Å². The number of hydrogen-bond donors (Lipinski definition) is 0. The van der Waals surface area contributed by atoms with E-state index in [9.17, 15) is 9.59 Å². The molecule has 0 heterocycles. The number of hydrogen-bond acceptors (Lipinski definition) is 3. The first kappa shape index (κ1) is 14.9. The molecule has 1 fully saturated rings. The summed E-state index contributed by atoms with van der Waals surface area (Å²) in [6.45, 7) is 3.48. The van der Waals surface area contributed by atoms with Crippen LogP contribution < -0.4 is 0 Å². The van der Waals surface area contributed by atoms with Gasteiger partial charge in [-0.05, 0) is 25.7 Å². The predicted octanol–water partition coefficient (Wildman–Crippen LogP) is 2.89. The Morgan fingerprint density at radius 3 is 2.50 bits per heavy atom. The number of Topliss-reactive ketones (excluding diaryl/α,β-unsaturated/α-hetero) is 1. The van der Waals surface area contributed by atoms with Crippen LogP contribution in [-0.4, -0.2) is 18.9 Å². The van der Waals surface area contributed by atoms with Crippen molar-refractivity contribution in [3.05, 3.63) is 12.2 Å². The fraction of sp³-hybridized carbons (Fsp3) is 0.692. The maximum atomic E-state index is 11.1. The molecule has 1 aliphatic carbocycles. The van der Waals surface area contributed by atoms with E-state index in [1.54, 1.807) is 0 Å². The van der Waals surface area contributed by atoms with Crippen LogP contribution in [0.2, 0.25) is 0 Å². The van der Waals surface area contributed by atoms with Crippen molar-refractivity contribution in [3.63, 3.8) is 0 Å². The lowest BCUT2D eigenvalue weighted by Gasteiger charge is -2.01. The number of carbonyl (C=O) groups excluding carboxylic acids is 2. The number of carbonyl (C=O) groups is 2. The Morgan fingerprint density at radius 1 is 1.50 bits per heavy atom. The highest BCUT2D eigenvalue weighted by Gasteiger charge is 2.22. The fourth-order valence-corrected chi connectivity index (χ4v) is 1.56. The number of methoxy groups -OCH3 is 1. The quantitative estimate of drug-likeness (QED) is 0.549. The Kier molecular flexibility index (Phi) is 8.49. The molecule has 0 aliphatic heterocycles. The molecule has 0 bridgehead atoms. The van der Waals surface area contributed by atoms with Gasteiger partial charge in [0.1, 0.15) is 5.78 Å². The van der Waals surface area contributed by atoms with Gasteiger partial charge in [0.05, 0.1) is 7.11 Å². The summed E-state index contributed by atoms with van der Waals surface area (Å²) in [6, 6.07) is 0. The Morgan fingerprint density at radius 2 is 2.12 bits per heavy atom. The van der Waals surface area contributed by atoms with Crippen LogP contribution in [0.4, 0.5) is 0 Å². The number of ether oxygens (including phenoxy) is 1. The smallest absolute Gasteiger partial charge is 0.302 e. The van der Waals surface area contributed by atoms with Crippen LogP contribution in [0.1, 0.15) is 46.0 Å². The molecule has 1 aliphatic rings. The minimum absolute atomic E-state index is 0.245. The van der Waals surface area contributed by atoms with E-state index in [2.05, 4.69) is 23.8 Å². The number of allylic oxidation sites excluding steroid dienone is 2. The molecule has 0 aromatic rings. The van der Waals surface area contributed by atoms with Gasteiger partial charge in [0, 0.05) is 19.3 Å². The average Bonchev–Trinajstić information content (AvgIpc) is 2.66. The van der Waals surface area contributed by atoms with E-state index in [0.29, 0.717) is 11.7 Å². The lowest BCUT2D eigenvalue weighted by Crippen LogP contribution is -2.03. The molecule has 0 aromatic heterocycles. The van der Waals surface area contributed by atoms with Gasteiger partial charge in [-0.25, -0.2) is 0 Å². The topological polar surface area (TPSA) is 43.4 Å². The van der Waals surface area contributed by atoms with Gasteiger partial charge in [0.25, 0.3) is 0 Å². The first-order valence-electron chi connectivity index (χ1n) is 5.84. The third-order valence-electron chi connectivity index (χ3n) is 2.54. The van der Waals surface area contributed by atoms with Crippen LogP contribution in [-0.2, 0) is 14.3 Å². The van der Waals surface area contributed by atoms with Gasteiger partial charge >= 0.3 is 5.97 Å². The van der Waals surface area contributed by atoms with E-state index in [0.717, 1.165) is 32.1 Å². The monoisotopic (exact) mass is 226 g/mol. The first-order valence-corrected chi connectivity index (χ1v) is 5.84. The summed E-state index contributed by atoms with van der Waals surface area (Å²) in [5, 5.41) is 0. The van der Waals surface area contributed by atoms with E-state index in [-0.39, 0.29) is 5.97 Å². The van der Waals surface area contributed by atoms with Crippen LogP contribution in [0.3, 0.4) is 0 Å². The van der Waals surface area contributed by atoms with Gasteiger partial charge in [-0.2, -0.15) is 0 Å². The molecule has 16 heavy (non-hydrogen) atoms. The molecule has 0 N–H and O–H groups in total. The summed E-state index contributed by atoms with van der Waals surface area (Å²) in [4.78, 5) is 20.7. The van der Waals surface area contributed by atoms with Crippen LogP contribution >= 0.6 is 0 Å². The number of ketones is 1. The molecule has 0 amide bonds. The van der Waals surface area contributed by atoms with E-state index < -0.39 is 0 Å². The van der Waals surface area contributed by atoms with Gasteiger partial charge in [0.2, 0.25) is 0 Å². The molecule has 1 atom stereocenters. The second-order valence-electron chi connectivity index (χ2n) is 3.87. The number of esters is 1. The Bertz CT molecular complexity index is 244. The zero-order valence-corrected chi connectivity index (χ0v) is 10.5. The van der Waals surface area contributed by atoms with Crippen LogP contribution in [0.15, 0.2) is 12.2 Å². The van der Waals surface area contributed by atoms with E-state index in [4.69, 9.17) is 0 Å². The Balaban J connectivity index is 0.000000385. The van der Waals surface area contributed by atoms with Gasteiger partial charge in [-0.1, -0.05) is 19.1 Å². The zero-order chi connectivity index (χ0) is 12.4. The molecule has 0 saturated heterocycles. The third-order valence-corrected chi connectivity index (χ3v) is 2.54. The maximum Gasteiger partial charge on any atom is 0.302 e. The minimum Gasteiger partial charge on any atom is -0.469 e. The van der Waals surface area contributed by atoms with Crippen molar-refractivity contribution in [1.82, 2.24) is 0 Å². The van der Waals surface area contributed by atoms with Crippen molar-refractivity contribution in [2.75, 3.05) is 7.11 Å². The molecule has 0 radical (unpaired) electrons. The highest BCUT2D eigenvalue weighted by molar-refractivity contribution is 5.82. The highest BCUT2D eigenvalue weighted by atomic mass is 16.5. The molecule has 0 aromatic carbocycles. The average molecular weight is 226 g/mol. The first-order chi connectivity index (χ1) is 7.61. The molecular formula is C13H22O3. The van der Waals surface area contributed by atoms with Crippen LogP contribution in [0, 0.1) is 5.92 Å². The lowest BCUT2D eigenvalue weighted by atomic mass is 10.0. The Hall–Kier alpha value is -1.12. The van der Waals surface area contributed by atoms with Crippen molar-refractivity contribution in [2.24, 2.45) is 5.92 Å². The van der Waals surface area contributed by atoms with E-state index >= 15 is 0 Å². The molecule has 3 heteroatoms. The second-order valence-corrected chi connectivity index (χ2v) is 3.87. The molecular weight excluding hydrogens is 204 g/mol. The molecule has 1 unspecified atom stereocenters. The molecule has 92 valence electrons. The minimum atomic E-state index is -0.245. The summed E-state index contributed by atoms with van der Waals surface area (Å²) >= 11 is 0. The van der Waals surface area contributed by atoms with Crippen molar-refractivity contribution in [3.8, 4) is 0 Å². The standard InChI is InChI=1S/C10H16O.C3H6O2/c1-2-3-4-6-9-7-5-8-10(9)11;1-3(4)5-2/h3-4,9H,2,5-8H2,1H3;1-2H3. The molecule has 0 spiro atoms. The summed E-state index contributed by atoms with van der Waals surface area (Å²) in [7, 11) is 1.35. The highest BCUT2D eigenvalue weighted by Crippen LogP contribution is 2.24. The van der Waals surface area contributed by atoms with E-state index in [1.165, 1.54) is 14.0 Å². The third kappa shape index (κ3) is 7.21. The SMILES string of the molecule is CCC=CCC1CCCC1=O.COC(C)=O. The summed E-state index contributed by atoms with van der Waals surface area (Å²) in [6.07, 6.45) is 9.41. The van der Waals surface area contributed by atoms with E-state index in [1.807, 2.05) is 0 Å². The van der Waals surface area contributed by atoms with Gasteiger partial charge in [-0.3, -0.25) is 9.59 Å². The maximum absolute atomic E-state index is 11.1. The Labute approximate surface area is 97.9 Å². The van der Waals surface area contributed by atoms with Crippen molar-refractivity contribution in [1.29, 1.82) is 0 Å². The van der Waals surface area contributed by atoms with Gasteiger partial charge in [-0.15, -0.1) is 0 Å². The summed E-state index contributed by atoms with van der Waals surface area (Å²) in [5.74, 6) is 0.591. The van der Waals surface area contributed by atoms with Gasteiger partial charge < -0.3 is 4.74 Å². The molecule has 1 saturated carbocycles. The number of rotatable bonds is 3. The largest absolute Gasteiger partial charge is 0.469 e. The lowest BCUT2D eigenvalue weighted by molar-refractivity contribution is -0.137. The van der Waals surface area contributed by atoms with Crippen LogP contribution in [0.5, 0.6) is 0 Å². The van der Waals surface area contributed by atoms with Crippen molar-refractivity contribution in [2.45, 2.75) is 46.0 Å². The zero-order valence-electron chi connectivity index (χ0n) is 10.5. The summed E-state index contributed by atoms with van der Waals surface area (Å²) < 4.78 is 4.11. The fourth-order valence-electron chi connectivity index (χ4n) is 1.56. The summed E-state index contributed by atoms with van der Waals surface area (Å²) in [5.41, 5.74) is 0. The predicted molar refractivity (Wildman–Crippen MR) is 64.1 cm³/mol.